The Bertz CT molecular complexity index is 1150. The fourth-order valence-corrected chi connectivity index (χ4v) is 4.55. The minimum absolute atomic E-state index is 0.0175. The van der Waals surface area contributed by atoms with Crippen LogP contribution in [0.15, 0.2) is 48.5 Å². The number of carbonyl (C=O) groups is 1. The van der Waals surface area contributed by atoms with Gasteiger partial charge in [0, 0.05) is 12.0 Å². The largest absolute Gasteiger partial charge is 0.497 e. The molecule has 0 bridgehead atoms. The van der Waals surface area contributed by atoms with Crippen LogP contribution < -0.4 is 10.1 Å². The quantitative estimate of drug-likeness (QED) is 0.676. The van der Waals surface area contributed by atoms with Gasteiger partial charge in [-0.25, -0.2) is 4.98 Å². The van der Waals surface area contributed by atoms with Gasteiger partial charge in [-0.1, -0.05) is 30.3 Å². The predicted octanol–water partition coefficient (Wildman–Crippen LogP) is 4.64. The molecule has 2 aromatic carbocycles. The van der Waals surface area contributed by atoms with Crippen molar-refractivity contribution < 1.29 is 14.3 Å². The number of benzene rings is 2. The molecule has 31 heavy (non-hydrogen) atoms. The fraction of sp³-hybridized carbons (Fsp3) is 0.308. The number of carbonyl (C=O) groups excluding carboxylic acids is 1. The maximum Gasteiger partial charge on any atom is 0.252 e. The highest BCUT2D eigenvalue weighted by Crippen LogP contribution is 2.37. The molecule has 2 aliphatic rings. The molecule has 1 aliphatic carbocycles. The first kappa shape index (κ1) is 19.8. The molecule has 1 N–H and O–H groups in total. The van der Waals surface area contributed by atoms with Gasteiger partial charge < -0.3 is 14.8 Å². The minimum atomic E-state index is -0.0175. The van der Waals surface area contributed by atoms with Crippen molar-refractivity contribution in [3.05, 3.63) is 70.9 Å². The van der Waals surface area contributed by atoms with Crippen LogP contribution in [0.1, 0.15) is 46.4 Å². The fourth-order valence-electron chi connectivity index (χ4n) is 4.55. The second kappa shape index (κ2) is 8.52. The number of nitrogens with one attached hydrogen (secondary N) is 1. The van der Waals surface area contributed by atoms with Crippen LogP contribution in [0.4, 0.5) is 0 Å². The molecule has 0 saturated carbocycles. The van der Waals surface area contributed by atoms with Gasteiger partial charge in [0.1, 0.15) is 5.75 Å². The predicted molar refractivity (Wildman–Crippen MR) is 122 cm³/mol. The molecule has 1 aromatic heterocycles. The number of aromatic nitrogens is 1. The van der Waals surface area contributed by atoms with Crippen molar-refractivity contribution in [2.24, 2.45) is 0 Å². The van der Waals surface area contributed by atoms with Crippen molar-refractivity contribution in [1.82, 2.24) is 10.3 Å². The van der Waals surface area contributed by atoms with Gasteiger partial charge in [-0.15, -0.1) is 0 Å². The van der Waals surface area contributed by atoms with E-state index in [4.69, 9.17) is 14.5 Å². The average molecular weight is 415 g/mol. The van der Waals surface area contributed by atoms with Gasteiger partial charge in [-0.05, 0) is 66.7 Å². The van der Waals surface area contributed by atoms with Crippen molar-refractivity contribution in [2.75, 3.05) is 20.3 Å². The van der Waals surface area contributed by atoms with Crippen LogP contribution in [-0.4, -0.2) is 37.3 Å². The van der Waals surface area contributed by atoms with E-state index in [1.807, 2.05) is 48.5 Å². The molecule has 1 fully saturated rings. The van der Waals surface area contributed by atoms with Gasteiger partial charge in [0.15, 0.2) is 0 Å². The smallest absolute Gasteiger partial charge is 0.252 e. The Kier molecular flexibility index (Phi) is 5.43. The van der Waals surface area contributed by atoms with Crippen LogP contribution in [0.2, 0.25) is 0 Å². The number of hydrogen-bond donors (Lipinski definition) is 1. The zero-order chi connectivity index (χ0) is 21.2. The molecule has 2 heterocycles. The van der Waals surface area contributed by atoms with E-state index in [1.165, 1.54) is 5.57 Å². The van der Waals surface area contributed by atoms with Gasteiger partial charge in [0.05, 0.1) is 36.5 Å². The molecule has 5 nitrogen and oxygen atoms in total. The summed E-state index contributed by atoms with van der Waals surface area (Å²) in [7, 11) is 1.67. The second-order valence-electron chi connectivity index (χ2n) is 8.16. The van der Waals surface area contributed by atoms with E-state index in [2.05, 4.69) is 11.4 Å². The molecule has 5 rings (SSSR count). The number of nitrogens with zero attached hydrogens (tertiary/aromatic N) is 1. The number of hydrogen-bond acceptors (Lipinski definition) is 4. The van der Waals surface area contributed by atoms with Crippen LogP contribution in [-0.2, 0) is 11.2 Å². The third kappa shape index (κ3) is 3.93. The molecule has 1 unspecified atom stereocenters. The summed E-state index contributed by atoms with van der Waals surface area (Å²) in [5, 5.41) is 4.13. The number of para-hydroxylation sites is 1. The molecule has 5 heteroatoms. The lowest BCUT2D eigenvalue weighted by atomic mass is 9.99. The normalized spacial score (nSPS) is 19.4. The zero-order valence-electron chi connectivity index (χ0n) is 17.7. The second-order valence-corrected chi connectivity index (χ2v) is 8.16. The van der Waals surface area contributed by atoms with E-state index in [-0.39, 0.29) is 11.9 Å². The SMILES string of the molecule is COc1ccc(/C=C2/CCc3c2nc2ccccc2c3C(=O)NC2CCCOC2)cc1. The lowest BCUT2D eigenvalue weighted by Crippen LogP contribution is -2.41. The number of methoxy groups -OCH3 is 1. The van der Waals surface area contributed by atoms with Crippen molar-refractivity contribution in [2.45, 2.75) is 31.7 Å². The first-order valence-corrected chi connectivity index (χ1v) is 10.9. The Morgan fingerprint density at radius 2 is 2.00 bits per heavy atom. The Balaban J connectivity index is 1.55. The molecular formula is C26H26N2O3. The monoisotopic (exact) mass is 414 g/mol. The van der Waals surface area contributed by atoms with Crippen LogP contribution in [0.25, 0.3) is 22.6 Å². The van der Waals surface area contributed by atoms with E-state index in [0.29, 0.717) is 6.61 Å². The van der Waals surface area contributed by atoms with Gasteiger partial charge >= 0.3 is 0 Å². The minimum Gasteiger partial charge on any atom is -0.497 e. The van der Waals surface area contributed by atoms with E-state index >= 15 is 0 Å². The standard InChI is InChI=1S/C26H26N2O3/c1-30-20-11-8-17(9-12-20)15-18-10-13-22-24(26(29)27-19-5-4-14-31-16-19)21-6-2-3-7-23(21)28-25(18)22/h2-3,6-9,11-12,15,19H,4-5,10,13-14,16H2,1H3,(H,27,29)/b18-15-. The third-order valence-corrected chi connectivity index (χ3v) is 6.12. The molecule has 3 aromatic rings. The molecule has 158 valence electrons. The molecule has 0 radical (unpaired) electrons. The summed E-state index contributed by atoms with van der Waals surface area (Å²) in [6.07, 6.45) is 5.80. The topological polar surface area (TPSA) is 60.5 Å². The zero-order valence-corrected chi connectivity index (χ0v) is 17.7. The molecule has 1 aliphatic heterocycles. The van der Waals surface area contributed by atoms with E-state index in [9.17, 15) is 4.79 Å². The van der Waals surface area contributed by atoms with Crippen molar-refractivity contribution in [3.8, 4) is 5.75 Å². The molecule has 0 spiro atoms. The van der Waals surface area contributed by atoms with Crippen LogP contribution >= 0.6 is 0 Å². The molecule has 1 atom stereocenters. The number of rotatable bonds is 4. The summed E-state index contributed by atoms with van der Waals surface area (Å²) in [6, 6.07) is 16.0. The van der Waals surface area contributed by atoms with Crippen molar-refractivity contribution in [1.29, 1.82) is 0 Å². The summed E-state index contributed by atoms with van der Waals surface area (Å²) >= 11 is 0. The summed E-state index contributed by atoms with van der Waals surface area (Å²) < 4.78 is 10.8. The summed E-state index contributed by atoms with van der Waals surface area (Å²) in [6.45, 7) is 1.36. The lowest BCUT2D eigenvalue weighted by Gasteiger charge is -2.24. The summed E-state index contributed by atoms with van der Waals surface area (Å²) in [4.78, 5) is 18.4. The number of allylic oxidation sites excluding steroid dienone is 1. The van der Waals surface area contributed by atoms with Gasteiger partial charge in [-0.2, -0.15) is 0 Å². The lowest BCUT2D eigenvalue weighted by molar-refractivity contribution is 0.0624. The molecule has 1 saturated heterocycles. The van der Waals surface area contributed by atoms with Crippen LogP contribution in [0.3, 0.4) is 0 Å². The van der Waals surface area contributed by atoms with Crippen LogP contribution in [0.5, 0.6) is 5.75 Å². The van der Waals surface area contributed by atoms with E-state index in [1.54, 1.807) is 7.11 Å². The van der Waals surface area contributed by atoms with E-state index < -0.39 is 0 Å². The summed E-state index contributed by atoms with van der Waals surface area (Å²) in [5.41, 5.74) is 5.88. The molecule has 1 amide bonds. The van der Waals surface area contributed by atoms with Gasteiger partial charge in [0.2, 0.25) is 0 Å². The number of ether oxygens (including phenoxy) is 2. The number of amides is 1. The molecular weight excluding hydrogens is 388 g/mol. The Morgan fingerprint density at radius 3 is 2.77 bits per heavy atom. The Morgan fingerprint density at radius 1 is 1.16 bits per heavy atom. The highest BCUT2D eigenvalue weighted by Gasteiger charge is 2.28. The number of pyridine rings is 1. The number of fused-ring (bicyclic) bond motifs is 2. The Hall–Kier alpha value is -3.18. The summed E-state index contributed by atoms with van der Waals surface area (Å²) in [5.74, 6) is 0.819. The van der Waals surface area contributed by atoms with Crippen molar-refractivity contribution >= 4 is 28.5 Å². The van der Waals surface area contributed by atoms with Crippen molar-refractivity contribution in [3.63, 3.8) is 0 Å². The first-order chi connectivity index (χ1) is 15.2. The Labute approximate surface area is 182 Å². The highest BCUT2D eigenvalue weighted by molar-refractivity contribution is 6.09. The third-order valence-electron chi connectivity index (χ3n) is 6.12. The van der Waals surface area contributed by atoms with Gasteiger partial charge in [0.25, 0.3) is 5.91 Å². The average Bonchev–Trinajstić information content (AvgIpc) is 3.20. The van der Waals surface area contributed by atoms with E-state index in [0.717, 1.165) is 71.3 Å². The van der Waals surface area contributed by atoms with Crippen LogP contribution in [0, 0.1) is 0 Å². The highest BCUT2D eigenvalue weighted by atomic mass is 16.5. The maximum absolute atomic E-state index is 13.4. The van der Waals surface area contributed by atoms with Gasteiger partial charge in [-0.3, -0.25) is 4.79 Å². The maximum atomic E-state index is 13.4. The first-order valence-electron chi connectivity index (χ1n) is 10.9.